The standard InChI is InChI=1S/C7H10F2S/c8-7(9)4-6(7)1-5(2-6)3-10/h5,10H,1-4H2/t5-,6-. The van der Waals surface area contributed by atoms with Crippen LogP contribution in [0.4, 0.5) is 8.78 Å². The monoisotopic (exact) mass is 164 g/mol. The first-order valence-electron chi connectivity index (χ1n) is 3.58. The van der Waals surface area contributed by atoms with Crippen molar-refractivity contribution >= 4 is 12.6 Å². The van der Waals surface area contributed by atoms with E-state index in [1.807, 2.05) is 0 Å². The van der Waals surface area contributed by atoms with Crippen molar-refractivity contribution in [3.63, 3.8) is 0 Å². The SMILES string of the molecule is FC1(F)C[C@]12C[C@@H](CS)C2. The van der Waals surface area contributed by atoms with Crippen LogP contribution in [0.5, 0.6) is 0 Å². The number of hydrogen-bond donors (Lipinski definition) is 1. The lowest BCUT2D eigenvalue weighted by Gasteiger charge is -2.34. The molecule has 0 saturated heterocycles. The van der Waals surface area contributed by atoms with Crippen LogP contribution in [0.3, 0.4) is 0 Å². The molecule has 0 heterocycles. The minimum Gasteiger partial charge on any atom is -0.206 e. The van der Waals surface area contributed by atoms with Crippen LogP contribution in [0.2, 0.25) is 0 Å². The van der Waals surface area contributed by atoms with Gasteiger partial charge >= 0.3 is 0 Å². The van der Waals surface area contributed by atoms with Gasteiger partial charge in [0.1, 0.15) is 0 Å². The molecule has 0 bridgehead atoms. The average Bonchev–Trinajstić information content (AvgIpc) is 2.30. The Bertz CT molecular complexity index is 161. The van der Waals surface area contributed by atoms with E-state index in [1.165, 1.54) is 0 Å². The molecule has 0 N–H and O–H groups in total. The Kier molecular flexibility index (Phi) is 1.16. The van der Waals surface area contributed by atoms with Gasteiger partial charge in [-0.3, -0.25) is 0 Å². The summed E-state index contributed by atoms with van der Waals surface area (Å²) in [6.07, 6.45) is 1.57. The number of alkyl halides is 2. The van der Waals surface area contributed by atoms with E-state index in [9.17, 15) is 8.78 Å². The van der Waals surface area contributed by atoms with E-state index in [-0.39, 0.29) is 6.42 Å². The molecule has 58 valence electrons. The molecule has 0 amide bonds. The number of thiol groups is 1. The summed E-state index contributed by atoms with van der Waals surface area (Å²) in [6, 6.07) is 0. The molecule has 0 radical (unpaired) electrons. The van der Waals surface area contributed by atoms with Gasteiger partial charge in [0.05, 0.1) is 0 Å². The van der Waals surface area contributed by atoms with Crippen molar-refractivity contribution in [1.29, 1.82) is 0 Å². The molecular formula is C7H10F2S. The van der Waals surface area contributed by atoms with E-state index < -0.39 is 11.3 Å². The summed E-state index contributed by atoms with van der Waals surface area (Å²) in [7, 11) is 0. The largest absolute Gasteiger partial charge is 0.254 e. The summed E-state index contributed by atoms with van der Waals surface area (Å²) in [5.41, 5.74) is -0.541. The van der Waals surface area contributed by atoms with Crippen molar-refractivity contribution in [2.24, 2.45) is 11.3 Å². The van der Waals surface area contributed by atoms with E-state index in [1.54, 1.807) is 0 Å². The fraction of sp³-hybridized carbons (Fsp3) is 1.00. The first-order chi connectivity index (χ1) is 4.60. The van der Waals surface area contributed by atoms with Crippen LogP contribution in [0, 0.1) is 11.3 Å². The van der Waals surface area contributed by atoms with Crippen LogP contribution in [-0.2, 0) is 0 Å². The number of halogens is 2. The van der Waals surface area contributed by atoms with Gasteiger partial charge < -0.3 is 0 Å². The third-order valence-electron chi connectivity index (χ3n) is 2.83. The molecular weight excluding hydrogens is 154 g/mol. The van der Waals surface area contributed by atoms with Crippen LogP contribution in [-0.4, -0.2) is 11.7 Å². The lowest BCUT2D eigenvalue weighted by molar-refractivity contribution is 0.00796. The molecule has 3 heteroatoms. The maximum absolute atomic E-state index is 12.5. The molecule has 0 aromatic heterocycles. The van der Waals surface area contributed by atoms with Gasteiger partial charge in [0.15, 0.2) is 0 Å². The van der Waals surface area contributed by atoms with Crippen LogP contribution in [0.15, 0.2) is 0 Å². The first kappa shape index (κ1) is 6.89. The Morgan fingerprint density at radius 3 is 2.20 bits per heavy atom. The van der Waals surface area contributed by atoms with Crippen molar-refractivity contribution in [2.45, 2.75) is 25.2 Å². The van der Waals surface area contributed by atoms with Crippen molar-refractivity contribution in [3.8, 4) is 0 Å². The second-order valence-electron chi connectivity index (χ2n) is 3.62. The Labute approximate surface area is 64.4 Å². The summed E-state index contributed by atoms with van der Waals surface area (Å²) in [4.78, 5) is 0. The molecule has 10 heavy (non-hydrogen) atoms. The summed E-state index contributed by atoms with van der Waals surface area (Å²) in [6.45, 7) is 0. The normalized spacial score (nSPS) is 48.9. The molecule has 0 aliphatic heterocycles. The van der Waals surface area contributed by atoms with Gasteiger partial charge in [-0.15, -0.1) is 0 Å². The molecule has 2 aliphatic carbocycles. The highest BCUT2D eigenvalue weighted by Gasteiger charge is 2.75. The lowest BCUT2D eigenvalue weighted by Crippen LogP contribution is -2.31. The molecule has 0 aromatic carbocycles. The molecule has 2 rings (SSSR count). The second-order valence-corrected chi connectivity index (χ2v) is 3.98. The van der Waals surface area contributed by atoms with E-state index in [0.717, 1.165) is 5.75 Å². The third-order valence-corrected chi connectivity index (χ3v) is 3.34. The first-order valence-corrected chi connectivity index (χ1v) is 4.22. The molecule has 1 spiro atoms. The van der Waals surface area contributed by atoms with Gasteiger partial charge in [-0.2, -0.15) is 12.6 Å². The van der Waals surface area contributed by atoms with Crippen molar-refractivity contribution in [2.75, 3.05) is 5.75 Å². The number of rotatable bonds is 1. The van der Waals surface area contributed by atoms with Crippen molar-refractivity contribution in [1.82, 2.24) is 0 Å². The highest BCUT2D eigenvalue weighted by molar-refractivity contribution is 7.80. The molecule has 0 aromatic rings. The minimum absolute atomic E-state index is 0.143. The molecule has 0 unspecified atom stereocenters. The average molecular weight is 164 g/mol. The van der Waals surface area contributed by atoms with Crippen molar-refractivity contribution in [3.05, 3.63) is 0 Å². The van der Waals surface area contributed by atoms with Gasteiger partial charge in [-0.1, -0.05) is 0 Å². The van der Waals surface area contributed by atoms with Gasteiger partial charge in [-0.05, 0) is 24.5 Å². The predicted molar refractivity (Wildman–Crippen MR) is 38.6 cm³/mol. The van der Waals surface area contributed by atoms with Gasteiger partial charge in [0.2, 0.25) is 0 Å². The Hall–Kier alpha value is 0.210. The zero-order valence-corrected chi connectivity index (χ0v) is 6.50. The summed E-state index contributed by atoms with van der Waals surface area (Å²) < 4.78 is 25.0. The highest BCUT2D eigenvalue weighted by Crippen LogP contribution is 2.72. The van der Waals surface area contributed by atoms with E-state index in [4.69, 9.17) is 0 Å². The quantitative estimate of drug-likeness (QED) is 0.565. The minimum atomic E-state index is -2.31. The topological polar surface area (TPSA) is 0 Å². The predicted octanol–water partition coefficient (Wildman–Crippen LogP) is 2.35. The van der Waals surface area contributed by atoms with Crippen LogP contribution in [0.1, 0.15) is 19.3 Å². The lowest BCUT2D eigenvalue weighted by atomic mass is 9.72. The van der Waals surface area contributed by atoms with Crippen LogP contribution in [0.25, 0.3) is 0 Å². The molecule has 2 aliphatic rings. The Morgan fingerprint density at radius 1 is 1.40 bits per heavy atom. The van der Waals surface area contributed by atoms with E-state index >= 15 is 0 Å². The molecule has 0 nitrogen and oxygen atoms in total. The Balaban J connectivity index is 1.92. The maximum atomic E-state index is 12.5. The van der Waals surface area contributed by atoms with Gasteiger partial charge in [-0.25, -0.2) is 8.78 Å². The number of hydrogen-bond acceptors (Lipinski definition) is 1. The molecule has 2 saturated carbocycles. The third kappa shape index (κ3) is 0.672. The smallest absolute Gasteiger partial charge is 0.206 e. The van der Waals surface area contributed by atoms with E-state index in [0.29, 0.717) is 18.8 Å². The van der Waals surface area contributed by atoms with Crippen molar-refractivity contribution < 1.29 is 8.78 Å². The summed E-state index contributed by atoms with van der Waals surface area (Å²) in [5, 5.41) is 0. The highest BCUT2D eigenvalue weighted by atomic mass is 32.1. The molecule has 0 atom stereocenters. The van der Waals surface area contributed by atoms with Gasteiger partial charge in [0.25, 0.3) is 5.92 Å². The molecule has 2 fully saturated rings. The maximum Gasteiger partial charge on any atom is 0.254 e. The van der Waals surface area contributed by atoms with Gasteiger partial charge in [0, 0.05) is 11.8 Å². The second kappa shape index (κ2) is 1.68. The fourth-order valence-corrected chi connectivity index (χ4v) is 2.26. The van der Waals surface area contributed by atoms with Crippen LogP contribution < -0.4 is 0 Å². The zero-order chi connectivity index (χ0) is 7.41. The van der Waals surface area contributed by atoms with E-state index in [2.05, 4.69) is 12.6 Å². The fourth-order valence-electron chi connectivity index (χ4n) is 2.00. The Morgan fingerprint density at radius 2 is 1.90 bits per heavy atom. The van der Waals surface area contributed by atoms with Crippen LogP contribution >= 0.6 is 12.6 Å². The zero-order valence-electron chi connectivity index (χ0n) is 5.61. The summed E-state index contributed by atoms with van der Waals surface area (Å²) in [5.74, 6) is -1.07. The summed E-state index contributed by atoms with van der Waals surface area (Å²) >= 11 is 4.06.